The topological polar surface area (TPSA) is 198 Å². The lowest BCUT2D eigenvalue weighted by atomic mass is 9.91. The van der Waals surface area contributed by atoms with Crippen molar-refractivity contribution in [1.29, 1.82) is 0 Å². The maximum absolute atomic E-state index is 15.7. The number of benzene rings is 5. The van der Waals surface area contributed by atoms with E-state index < -0.39 is 71.7 Å². The van der Waals surface area contributed by atoms with E-state index in [1.54, 1.807) is 7.05 Å². The van der Waals surface area contributed by atoms with Gasteiger partial charge in [0.25, 0.3) is 0 Å². The number of nitrogens with one attached hydrogen (secondary N) is 5. The first-order valence-electron chi connectivity index (χ1n) is 26.8. The second kappa shape index (κ2) is 24.4. The van der Waals surface area contributed by atoms with Gasteiger partial charge < -0.3 is 50.4 Å². The van der Waals surface area contributed by atoms with Gasteiger partial charge in [0.2, 0.25) is 35.4 Å². The summed E-state index contributed by atoms with van der Waals surface area (Å²) < 4.78 is 12.0. The first kappa shape index (κ1) is 52.6. The highest BCUT2D eigenvalue weighted by molar-refractivity contribution is 5.99. The minimum Gasteiger partial charge on any atom is -0.489 e. The fourth-order valence-electron chi connectivity index (χ4n) is 11.0. The Bertz CT molecular complexity index is 3040. The first-order valence-corrected chi connectivity index (χ1v) is 26.8. The number of morpholine rings is 1. The van der Waals surface area contributed by atoms with Crippen LogP contribution < -0.4 is 26.0 Å². The second-order valence-corrected chi connectivity index (χ2v) is 20.5. The van der Waals surface area contributed by atoms with Crippen LogP contribution in [0.15, 0.2) is 140 Å². The number of rotatable bonds is 12. The summed E-state index contributed by atoms with van der Waals surface area (Å²) >= 11 is 0. The molecule has 6 aromatic rings. The number of fused-ring (bicyclic) bond motifs is 4. The summed E-state index contributed by atoms with van der Waals surface area (Å²) in [4.78, 5) is 102. The Hall–Kier alpha value is -7.86. The highest BCUT2D eigenvalue weighted by atomic mass is 16.5. The number of amides is 6. The normalized spacial score (nSPS) is 23.2. The van der Waals surface area contributed by atoms with Crippen molar-refractivity contribution in [1.82, 2.24) is 45.9 Å². The summed E-state index contributed by atoms with van der Waals surface area (Å²) in [5, 5.41) is 13.4. The fraction of sp³-hybridized carbons (Fsp3) is 0.367. The van der Waals surface area contributed by atoms with Crippen molar-refractivity contribution in [3.63, 3.8) is 0 Å². The molecule has 0 aliphatic carbocycles. The zero-order chi connectivity index (χ0) is 53.3. The van der Waals surface area contributed by atoms with Crippen LogP contribution in [0.25, 0.3) is 10.9 Å². The van der Waals surface area contributed by atoms with Crippen LogP contribution in [-0.4, -0.2) is 156 Å². The van der Waals surface area contributed by atoms with Crippen molar-refractivity contribution >= 4 is 46.3 Å². The van der Waals surface area contributed by atoms with Gasteiger partial charge in [0.1, 0.15) is 48.6 Å². The molecular weight excluding hydrogens is 975 g/mol. The van der Waals surface area contributed by atoms with Crippen molar-refractivity contribution in [2.45, 2.75) is 81.5 Å². The van der Waals surface area contributed by atoms with Gasteiger partial charge in [-0.1, -0.05) is 115 Å². The lowest BCUT2D eigenvalue weighted by molar-refractivity contribution is -0.158. The van der Waals surface area contributed by atoms with Gasteiger partial charge in [0, 0.05) is 89.2 Å². The van der Waals surface area contributed by atoms with Crippen molar-refractivity contribution in [3.05, 3.63) is 173 Å². The third-order valence-corrected chi connectivity index (χ3v) is 15.4. The van der Waals surface area contributed by atoms with Crippen molar-refractivity contribution in [3.8, 4) is 5.75 Å². The average molecular weight is 1040 g/mol. The van der Waals surface area contributed by atoms with Gasteiger partial charge in [-0.25, -0.2) is 0 Å². The number of aromatic amines is 1. The number of aromatic nitrogens is 1. The number of piperazine rings is 1. The van der Waals surface area contributed by atoms with E-state index in [0.29, 0.717) is 45.0 Å². The minimum absolute atomic E-state index is 0.0345. The van der Waals surface area contributed by atoms with Crippen LogP contribution in [0, 0.1) is 0 Å². The molecule has 4 aliphatic heterocycles. The molecule has 17 nitrogen and oxygen atoms in total. The molecule has 0 bridgehead atoms. The van der Waals surface area contributed by atoms with Crippen LogP contribution in [0.5, 0.6) is 5.75 Å². The third-order valence-electron chi connectivity index (χ3n) is 15.4. The van der Waals surface area contributed by atoms with Crippen LogP contribution in [0.4, 0.5) is 0 Å². The maximum Gasteiger partial charge on any atom is 0.246 e. The van der Waals surface area contributed by atoms with Crippen molar-refractivity contribution in [2.24, 2.45) is 0 Å². The van der Waals surface area contributed by atoms with Gasteiger partial charge in [0.05, 0.1) is 13.2 Å². The molecule has 77 heavy (non-hydrogen) atoms. The lowest BCUT2D eigenvalue weighted by Crippen LogP contribution is -2.66. The summed E-state index contributed by atoms with van der Waals surface area (Å²) in [6, 6.07) is 35.1. The summed E-state index contributed by atoms with van der Waals surface area (Å²) in [6.07, 6.45) is 2.61. The molecule has 5 aromatic carbocycles. The summed E-state index contributed by atoms with van der Waals surface area (Å²) in [6.45, 7) is 3.15. The maximum atomic E-state index is 15.7. The fourth-order valence-corrected chi connectivity index (χ4v) is 11.0. The van der Waals surface area contributed by atoms with E-state index in [1.165, 1.54) is 14.7 Å². The van der Waals surface area contributed by atoms with E-state index in [2.05, 4.69) is 31.2 Å². The molecule has 10 rings (SSSR count). The Morgan fingerprint density at radius 2 is 1.26 bits per heavy atom. The smallest absolute Gasteiger partial charge is 0.246 e. The van der Waals surface area contributed by atoms with Crippen molar-refractivity contribution in [2.75, 3.05) is 59.5 Å². The zero-order valence-electron chi connectivity index (χ0n) is 43.4. The number of likely N-dealkylation sites (N-methyl/N-ethyl adjacent to an activating group) is 1. The SMILES string of the molecule is CN1C(=O)[C@@H](Cc2c[nH]c3ccccc23)NC(=O)[C@@H](CCc2ccccc2)NC(=O)[C@@H]2COCCN2C(=O)[C@@H]2Cc3ccccc3CN2C(=O)[C@H](Cc2ccc(OCc3ccccc3)cc2)NC(=O)[C@@H]1CN1CCNCC1. The number of hydrogen-bond donors (Lipinski definition) is 5. The van der Waals surface area contributed by atoms with Gasteiger partial charge in [-0.2, -0.15) is 0 Å². The number of carbonyl (C=O) groups is 6. The Morgan fingerprint density at radius 3 is 2.03 bits per heavy atom. The molecule has 5 N–H and O–H groups in total. The summed E-state index contributed by atoms with van der Waals surface area (Å²) in [7, 11) is 1.56. The molecule has 4 aliphatic rings. The highest BCUT2D eigenvalue weighted by Gasteiger charge is 2.45. The molecule has 0 radical (unpaired) electrons. The van der Waals surface area contributed by atoms with Gasteiger partial charge in [-0.15, -0.1) is 0 Å². The lowest BCUT2D eigenvalue weighted by Gasteiger charge is -2.43. The Morgan fingerprint density at radius 1 is 0.597 bits per heavy atom. The Kier molecular flexibility index (Phi) is 16.7. The van der Waals surface area contributed by atoms with Gasteiger partial charge in [-0.05, 0) is 64.4 Å². The molecule has 0 spiro atoms. The van der Waals surface area contributed by atoms with Gasteiger partial charge >= 0.3 is 0 Å². The Labute approximate surface area is 448 Å². The summed E-state index contributed by atoms with van der Waals surface area (Å²) in [5.74, 6) is -2.63. The van der Waals surface area contributed by atoms with E-state index in [0.717, 1.165) is 44.3 Å². The molecule has 0 unspecified atom stereocenters. The van der Waals surface area contributed by atoms with Gasteiger partial charge in [-0.3, -0.25) is 33.7 Å². The second-order valence-electron chi connectivity index (χ2n) is 20.5. The van der Waals surface area contributed by atoms with Crippen LogP contribution in [0.1, 0.15) is 39.8 Å². The molecule has 6 amide bonds. The van der Waals surface area contributed by atoms with E-state index in [-0.39, 0.29) is 58.5 Å². The zero-order valence-corrected chi connectivity index (χ0v) is 43.4. The van der Waals surface area contributed by atoms with Gasteiger partial charge in [0.15, 0.2) is 0 Å². The molecule has 17 heteroatoms. The predicted octanol–water partition coefficient (Wildman–Crippen LogP) is 3.55. The van der Waals surface area contributed by atoms with E-state index >= 15 is 24.0 Å². The molecule has 3 fully saturated rings. The van der Waals surface area contributed by atoms with E-state index in [9.17, 15) is 4.79 Å². The first-order chi connectivity index (χ1) is 37.6. The molecular formula is C60H67N9O8. The number of aryl methyl sites for hydroxylation is 1. The largest absolute Gasteiger partial charge is 0.489 e. The predicted molar refractivity (Wildman–Crippen MR) is 290 cm³/mol. The van der Waals surface area contributed by atoms with Crippen LogP contribution in [0.3, 0.4) is 0 Å². The number of hydrogen-bond acceptors (Lipinski definition) is 10. The van der Waals surface area contributed by atoms with E-state index in [1.807, 2.05) is 140 Å². The third kappa shape index (κ3) is 12.5. The monoisotopic (exact) mass is 1040 g/mol. The van der Waals surface area contributed by atoms with Crippen LogP contribution in [0.2, 0.25) is 0 Å². The Balaban J connectivity index is 1.05. The van der Waals surface area contributed by atoms with E-state index in [4.69, 9.17) is 9.47 Å². The molecule has 0 saturated carbocycles. The molecule has 1 aromatic heterocycles. The average Bonchev–Trinajstić information content (AvgIpc) is 3.89. The van der Waals surface area contributed by atoms with Crippen molar-refractivity contribution < 1.29 is 38.2 Å². The molecule has 5 heterocycles. The number of nitrogens with zero attached hydrogens (tertiary/aromatic N) is 4. The number of para-hydroxylation sites is 1. The molecule has 3 saturated heterocycles. The number of ether oxygens (including phenoxy) is 2. The van der Waals surface area contributed by atoms with Crippen LogP contribution in [-0.2, 0) is 72.3 Å². The number of H-pyrrole nitrogens is 1. The minimum atomic E-state index is -1.22. The quantitative estimate of drug-likeness (QED) is 0.121. The molecule has 400 valence electrons. The summed E-state index contributed by atoms with van der Waals surface area (Å²) in [5.41, 5.74) is 6.00. The van der Waals surface area contributed by atoms with Crippen LogP contribution >= 0.6 is 0 Å². The number of carbonyl (C=O) groups excluding carboxylic acids is 6. The standard InChI is InChI=1S/C60H67N9O8/c1-66-53(37-67-28-26-61-27-29-67)56(71)65-50(32-41-20-23-46(24-21-41)77-38-42-14-6-3-7-15-42)59(74)69-36-44-17-9-8-16-43(44)34-52(69)60(75)68-30-31-76-39-54(68)57(72)63-49(25-22-40-12-4-2-5-13-40)55(70)64-51(58(66)73)33-45-35-62-48-19-11-10-18-47(45)48/h2-21,23-24,35,49-54,61-62H,22,25-34,36-39H2,1H3,(H,63,72)(H,64,70)(H,65,71)/t49-,50+,51-,52+,53+,54+/m1/s1. The molecule has 6 atom stereocenters. The highest BCUT2D eigenvalue weighted by Crippen LogP contribution is 2.28.